The van der Waals surface area contributed by atoms with E-state index in [1.165, 1.54) is 52.1 Å². The highest BCUT2D eigenvalue weighted by molar-refractivity contribution is 4.78. The van der Waals surface area contributed by atoms with E-state index in [2.05, 4.69) is 22.5 Å². The number of hydrogen-bond donors (Lipinski definition) is 2. The minimum Gasteiger partial charge on any atom is -0.316 e. The molecule has 0 aromatic heterocycles. The van der Waals surface area contributed by atoms with E-state index in [-0.39, 0.29) is 0 Å². The van der Waals surface area contributed by atoms with E-state index >= 15 is 0 Å². The van der Waals surface area contributed by atoms with Crippen LogP contribution in [-0.2, 0) is 0 Å². The third-order valence-corrected chi connectivity index (χ3v) is 3.35. The lowest BCUT2D eigenvalue weighted by atomic mass is 10.1. The van der Waals surface area contributed by atoms with Crippen molar-refractivity contribution in [3.63, 3.8) is 0 Å². The molecule has 14 heavy (non-hydrogen) atoms. The molecule has 2 N–H and O–H groups in total. The molecule has 2 fully saturated rings. The van der Waals surface area contributed by atoms with Gasteiger partial charge in [-0.1, -0.05) is 0 Å². The molecule has 0 amide bonds. The molecule has 2 rings (SSSR count). The quantitative estimate of drug-likeness (QED) is 0.666. The summed E-state index contributed by atoms with van der Waals surface area (Å²) in [7, 11) is 0. The van der Waals surface area contributed by atoms with E-state index in [0.29, 0.717) is 6.04 Å². The number of hydrogen-bond acceptors (Lipinski definition) is 3. The summed E-state index contributed by atoms with van der Waals surface area (Å²) in [4.78, 5) is 2.64. The van der Waals surface area contributed by atoms with Crippen LogP contribution in [-0.4, -0.2) is 50.2 Å². The lowest BCUT2D eigenvalue weighted by molar-refractivity contribution is 0.236. The zero-order chi connectivity index (χ0) is 9.80. The number of nitrogens with one attached hydrogen (secondary N) is 2. The first kappa shape index (κ1) is 10.4. The van der Waals surface area contributed by atoms with Crippen LogP contribution >= 0.6 is 0 Å². The van der Waals surface area contributed by atoms with Crippen LogP contribution in [0.1, 0.15) is 19.8 Å². The van der Waals surface area contributed by atoms with Gasteiger partial charge in [-0.3, -0.25) is 0 Å². The van der Waals surface area contributed by atoms with E-state index in [9.17, 15) is 0 Å². The van der Waals surface area contributed by atoms with Gasteiger partial charge in [-0.25, -0.2) is 0 Å². The molecule has 2 saturated heterocycles. The lowest BCUT2D eigenvalue weighted by Gasteiger charge is -2.25. The largest absolute Gasteiger partial charge is 0.316 e. The van der Waals surface area contributed by atoms with E-state index < -0.39 is 0 Å². The highest BCUT2D eigenvalue weighted by Crippen LogP contribution is 2.11. The van der Waals surface area contributed by atoms with Crippen molar-refractivity contribution in [1.82, 2.24) is 15.5 Å². The third kappa shape index (κ3) is 2.94. The maximum Gasteiger partial charge on any atom is 0.0166 e. The Bertz CT molecular complexity index is 166. The molecule has 0 aromatic rings. The Kier molecular flexibility index (Phi) is 3.79. The summed E-state index contributed by atoms with van der Waals surface area (Å²) in [5.41, 5.74) is 0. The minimum atomic E-state index is 0.673. The Labute approximate surface area is 87.2 Å². The van der Waals surface area contributed by atoms with Crippen LogP contribution < -0.4 is 10.6 Å². The van der Waals surface area contributed by atoms with Gasteiger partial charge >= 0.3 is 0 Å². The van der Waals surface area contributed by atoms with E-state index in [4.69, 9.17) is 0 Å². The second kappa shape index (κ2) is 5.10. The molecule has 3 heteroatoms. The molecule has 2 aliphatic heterocycles. The summed E-state index contributed by atoms with van der Waals surface area (Å²) in [6.07, 6.45) is 2.68. The topological polar surface area (TPSA) is 27.3 Å². The first-order chi connectivity index (χ1) is 6.84. The summed E-state index contributed by atoms with van der Waals surface area (Å²) in [5, 5.41) is 6.99. The Hall–Kier alpha value is -0.120. The first-order valence-electron chi connectivity index (χ1n) is 6.01. The normalized spacial score (nSPS) is 35.8. The Morgan fingerprint density at radius 1 is 1.36 bits per heavy atom. The fourth-order valence-electron chi connectivity index (χ4n) is 2.60. The van der Waals surface area contributed by atoms with Gasteiger partial charge in [0.2, 0.25) is 0 Å². The van der Waals surface area contributed by atoms with Gasteiger partial charge in [0, 0.05) is 19.1 Å². The molecule has 2 aliphatic rings. The molecule has 0 aromatic carbocycles. The molecule has 0 saturated carbocycles. The SMILES string of the molecule is CC1CN(CC2CCNC2)CCCN1. The molecule has 0 aliphatic carbocycles. The fraction of sp³-hybridized carbons (Fsp3) is 1.00. The lowest BCUT2D eigenvalue weighted by Crippen LogP contribution is -2.38. The van der Waals surface area contributed by atoms with Crippen LogP contribution in [0.2, 0.25) is 0 Å². The highest BCUT2D eigenvalue weighted by Gasteiger charge is 2.20. The maximum absolute atomic E-state index is 3.54. The predicted molar refractivity (Wildman–Crippen MR) is 59.5 cm³/mol. The van der Waals surface area contributed by atoms with Crippen LogP contribution in [0.3, 0.4) is 0 Å². The van der Waals surface area contributed by atoms with Crippen LogP contribution in [0.15, 0.2) is 0 Å². The van der Waals surface area contributed by atoms with Crippen LogP contribution in [0, 0.1) is 5.92 Å². The van der Waals surface area contributed by atoms with Crippen molar-refractivity contribution in [2.45, 2.75) is 25.8 Å². The van der Waals surface area contributed by atoms with Crippen molar-refractivity contribution >= 4 is 0 Å². The molecular weight excluding hydrogens is 174 g/mol. The molecule has 2 unspecified atom stereocenters. The van der Waals surface area contributed by atoms with Gasteiger partial charge in [-0.05, 0) is 51.9 Å². The second-order valence-electron chi connectivity index (χ2n) is 4.83. The van der Waals surface area contributed by atoms with Gasteiger partial charge in [0.25, 0.3) is 0 Å². The van der Waals surface area contributed by atoms with Crippen molar-refractivity contribution in [2.24, 2.45) is 5.92 Å². The molecule has 2 atom stereocenters. The second-order valence-corrected chi connectivity index (χ2v) is 4.83. The standard InChI is InChI=1S/C11H23N3/c1-10-8-14(6-2-4-13-10)9-11-3-5-12-7-11/h10-13H,2-9H2,1H3. The van der Waals surface area contributed by atoms with E-state index in [0.717, 1.165) is 5.92 Å². The van der Waals surface area contributed by atoms with Gasteiger partial charge in [0.05, 0.1) is 0 Å². The van der Waals surface area contributed by atoms with Gasteiger partial charge in [0.15, 0.2) is 0 Å². The first-order valence-corrected chi connectivity index (χ1v) is 6.01. The molecule has 0 bridgehead atoms. The van der Waals surface area contributed by atoms with Crippen molar-refractivity contribution in [2.75, 3.05) is 39.3 Å². The zero-order valence-electron chi connectivity index (χ0n) is 9.26. The Balaban J connectivity index is 1.77. The summed E-state index contributed by atoms with van der Waals surface area (Å²) < 4.78 is 0. The third-order valence-electron chi connectivity index (χ3n) is 3.35. The zero-order valence-corrected chi connectivity index (χ0v) is 9.26. The molecule has 82 valence electrons. The van der Waals surface area contributed by atoms with Crippen LogP contribution in [0.4, 0.5) is 0 Å². The fourth-order valence-corrected chi connectivity index (χ4v) is 2.60. The predicted octanol–water partition coefficient (Wildman–Crippen LogP) is 0.280. The molecule has 2 heterocycles. The molecular formula is C11H23N3. The van der Waals surface area contributed by atoms with Crippen molar-refractivity contribution < 1.29 is 0 Å². The van der Waals surface area contributed by atoms with Gasteiger partial charge < -0.3 is 15.5 Å². The summed E-state index contributed by atoms with van der Waals surface area (Å²) in [6.45, 7) is 9.78. The van der Waals surface area contributed by atoms with Gasteiger partial charge in [-0.15, -0.1) is 0 Å². The molecule has 0 radical (unpaired) electrons. The highest BCUT2D eigenvalue weighted by atomic mass is 15.2. The van der Waals surface area contributed by atoms with Crippen molar-refractivity contribution in [1.29, 1.82) is 0 Å². The summed E-state index contributed by atoms with van der Waals surface area (Å²) in [6, 6.07) is 0.673. The molecule has 3 nitrogen and oxygen atoms in total. The summed E-state index contributed by atoms with van der Waals surface area (Å²) >= 11 is 0. The average Bonchev–Trinajstić information content (AvgIpc) is 2.56. The van der Waals surface area contributed by atoms with Crippen molar-refractivity contribution in [3.8, 4) is 0 Å². The van der Waals surface area contributed by atoms with Crippen LogP contribution in [0.25, 0.3) is 0 Å². The monoisotopic (exact) mass is 197 g/mol. The Morgan fingerprint density at radius 3 is 3.07 bits per heavy atom. The van der Waals surface area contributed by atoms with Crippen molar-refractivity contribution in [3.05, 3.63) is 0 Å². The smallest absolute Gasteiger partial charge is 0.0166 e. The van der Waals surface area contributed by atoms with Gasteiger partial charge in [0.1, 0.15) is 0 Å². The van der Waals surface area contributed by atoms with Gasteiger partial charge in [-0.2, -0.15) is 0 Å². The number of rotatable bonds is 2. The summed E-state index contributed by atoms with van der Waals surface area (Å²) in [5.74, 6) is 0.903. The maximum atomic E-state index is 3.54. The van der Waals surface area contributed by atoms with E-state index in [1.54, 1.807) is 0 Å². The number of nitrogens with zero attached hydrogens (tertiary/aromatic N) is 1. The average molecular weight is 197 g/mol. The van der Waals surface area contributed by atoms with E-state index in [1.807, 2.05) is 0 Å². The van der Waals surface area contributed by atoms with Crippen LogP contribution in [0.5, 0.6) is 0 Å². The Morgan fingerprint density at radius 2 is 2.29 bits per heavy atom. The minimum absolute atomic E-state index is 0.673. The molecule has 0 spiro atoms.